The van der Waals surface area contributed by atoms with Crippen LogP contribution in [0.1, 0.15) is 31.9 Å². The topological polar surface area (TPSA) is 100 Å². The quantitative estimate of drug-likeness (QED) is 0.346. The van der Waals surface area contributed by atoms with Crippen LogP contribution in [-0.2, 0) is 20.5 Å². The predicted molar refractivity (Wildman–Crippen MR) is 106 cm³/mol. The highest BCUT2D eigenvalue weighted by molar-refractivity contribution is 7.88. The van der Waals surface area contributed by atoms with Gasteiger partial charge in [0.2, 0.25) is 10.0 Å². The van der Waals surface area contributed by atoms with Crippen LogP contribution in [0.15, 0.2) is 21.8 Å². The first-order chi connectivity index (χ1) is 13.6. The summed E-state index contributed by atoms with van der Waals surface area (Å²) in [5.41, 5.74) is 0.432. The molecule has 0 amide bonds. The fourth-order valence-corrected chi connectivity index (χ4v) is 4.51. The Balaban J connectivity index is 1.44. The van der Waals surface area contributed by atoms with Gasteiger partial charge in [-0.05, 0) is 32.1 Å². The fourth-order valence-electron chi connectivity index (χ4n) is 3.08. The van der Waals surface area contributed by atoms with Crippen LogP contribution in [0.3, 0.4) is 0 Å². The fraction of sp³-hybridized carbons (Fsp3) is 0.778. The number of aliphatic imine (C=N–C) groups is 1. The molecule has 1 saturated carbocycles. The molecule has 0 radical (unpaired) electrons. The van der Waals surface area contributed by atoms with Crippen molar-refractivity contribution in [1.29, 1.82) is 0 Å². The maximum atomic E-state index is 12.5. The summed E-state index contributed by atoms with van der Waals surface area (Å²) in [6.45, 7) is 7.25. The Hall–Kier alpha value is -1.65. The molecule has 28 heavy (non-hydrogen) atoms. The summed E-state index contributed by atoms with van der Waals surface area (Å²) < 4.78 is 37.0. The van der Waals surface area contributed by atoms with Crippen molar-refractivity contribution in [2.45, 2.75) is 31.9 Å². The smallest absolute Gasteiger partial charge is 0.220 e. The van der Waals surface area contributed by atoms with E-state index in [1.807, 2.05) is 6.92 Å². The van der Waals surface area contributed by atoms with Crippen LogP contribution in [0, 0.1) is 5.92 Å². The molecule has 0 atom stereocenters. The molecule has 0 aromatic carbocycles. The van der Waals surface area contributed by atoms with Gasteiger partial charge in [0, 0.05) is 58.5 Å². The van der Waals surface area contributed by atoms with Gasteiger partial charge in [-0.15, -0.1) is 0 Å². The van der Waals surface area contributed by atoms with Crippen LogP contribution in [0.4, 0.5) is 0 Å². The molecule has 0 spiro atoms. The third-order valence-corrected chi connectivity index (χ3v) is 6.66. The number of hydrogen-bond acceptors (Lipinski definition) is 6. The summed E-state index contributed by atoms with van der Waals surface area (Å²) in [5.74, 6) is 1.51. The Morgan fingerprint density at radius 3 is 2.79 bits per heavy atom. The van der Waals surface area contributed by atoms with Crippen LogP contribution < -0.4 is 5.32 Å². The molecule has 3 rings (SSSR count). The monoisotopic (exact) mass is 413 g/mol. The molecule has 1 aromatic rings. The van der Waals surface area contributed by atoms with Crippen molar-refractivity contribution in [2.24, 2.45) is 10.9 Å². The van der Waals surface area contributed by atoms with E-state index in [9.17, 15) is 8.42 Å². The van der Waals surface area contributed by atoms with Crippen molar-refractivity contribution in [2.75, 3.05) is 52.5 Å². The minimum atomic E-state index is -3.39. The third kappa shape index (κ3) is 6.46. The highest BCUT2D eigenvalue weighted by Gasteiger charge is 2.29. The SMILES string of the molecule is CCNC(=NCCCOCC1CC1)N1CCN(S(=O)(=O)Cc2ccon2)CC1. The molecular weight excluding hydrogens is 382 g/mol. The van der Waals surface area contributed by atoms with E-state index in [0.29, 0.717) is 38.4 Å². The number of nitrogens with one attached hydrogen (secondary N) is 1. The molecule has 9 nitrogen and oxygen atoms in total. The molecule has 10 heteroatoms. The summed E-state index contributed by atoms with van der Waals surface area (Å²) in [5, 5.41) is 7.01. The Morgan fingerprint density at radius 2 is 2.14 bits per heavy atom. The molecule has 2 heterocycles. The minimum absolute atomic E-state index is 0.126. The Morgan fingerprint density at radius 1 is 1.36 bits per heavy atom. The van der Waals surface area contributed by atoms with Crippen LogP contribution in [0.25, 0.3) is 0 Å². The number of aromatic nitrogens is 1. The zero-order valence-electron chi connectivity index (χ0n) is 16.5. The van der Waals surface area contributed by atoms with E-state index in [2.05, 4.69) is 20.4 Å². The lowest BCUT2D eigenvalue weighted by molar-refractivity contribution is 0.123. The van der Waals surface area contributed by atoms with E-state index in [1.165, 1.54) is 23.4 Å². The van der Waals surface area contributed by atoms with Gasteiger partial charge in [-0.25, -0.2) is 8.42 Å². The van der Waals surface area contributed by atoms with E-state index < -0.39 is 10.0 Å². The number of ether oxygens (including phenoxy) is 1. The van der Waals surface area contributed by atoms with E-state index in [4.69, 9.17) is 9.26 Å². The zero-order valence-corrected chi connectivity index (χ0v) is 17.4. The van der Waals surface area contributed by atoms with Crippen molar-refractivity contribution in [3.63, 3.8) is 0 Å². The predicted octanol–water partition coefficient (Wildman–Crippen LogP) is 0.904. The van der Waals surface area contributed by atoms with Gasteiger partial charge in [0.05, 0.1) is 5.69 Å². The summed E-state index contributed by atoms with van der Waals surface area (Å²) in [6.07, 6.45) is 4.90. The van der Waals surface area contributed by atoms with Gasteiger partial charge in [0.1, 0.15) is 12.0 Å². The first-order valence-corrected chi connectivity index (χ1v) is 11.7. The van der Waals surface area contributed by atoms with Crippen LogP contribution in [0.5, 0.6) is 0 Å². The number of nitrogens with zero attached hydrogens (tertiary/aromatic N) is 4. The van der Waals surface area contributed by atoms with Crippen molar-refractivity contribution < 1.29 is 17.7 Å². The summed E-state index contributed by atoms with van der Waals surface area (Å²) in [6, 6.07) is 1.58. The average molecular weight is 414 g/mol. The molecule has 1 aliphatic carbocycles. The van der Waals surface area contributed by atoms with Gasteiger partial charge in [-0.3, -0.25) is 4.99 Å². The van der Waals surface area contributed by atoms with Crippen molar-refractivity contribution in [3.05, 3.63) is 18.0 Å². The zero-order chi connectivity index (χ0) is 19.8. The number of sulfonamides is 1. The van der Waals surface area contributed by atoms with Gasteiger partial charge >= 0.3 is 0 Å². The van der Waals surface area contributed by atoms with Crippen LogP contribution in [0.2, 0.25) is 0 Å². The average Bonchev–Trinajstić information content (AvgIpc) is 3.38. The Kier molecular flexibility index (Phi) is 7.69. The van der Waals surface area contributed by atoms with Crippen LogP contribution in [-0.4, -0.2) is 81.2 Å². The van der Waals surface area contributed by atoms with Gasteiger partial charge in [0.25, 0.3) is 0 Å². The Labute approximate surface area is 167 Å². The second kappa shape index (κ2) is 10.2. The van der Waals surface area contributed by atoms with Gasteiger partial charge < -0.3 is 19.5 Å². The first kappa shape index (κ1) is 21.1. The van der Waals surface area contributed by atoms with E-state index >= 15 is 0 Å². The lowest BCUT2D eigenvalue weighted by Gasteiger charge is -2.35. The van der Waals surface area contributed by atoms with Gasteiger partial charge in [-0.1, -0.05) is 5.16 Å². The number of hydrogen-bond donors (Lipinski definition) is 1. The molecule has 2 fully saturated rings. The second-order valence-corrected chi connectivity index (χ2v) is 9.21. The maximum absolute atomic E-state index is 12.5. The summed E-state index contributed by atoms with van der Waals surface area (Å²) in [7, 11) is -3.39. The van der Waals surface area contributed by atoms with Crippen LogP contribution >= 0.6 is 0 Å². The number of rotatable bonds is 10. The summed E-state index contributed by atoms with van der Waals surface area (Å²) >= 11 is 0. The first-order valence-electron chi connectivity index (χ1n) is 10.1. The van der Waals surface area contributed by atoms with E-state index in [-0.39, 0.29) is 5.75 Å². The normalized spacial score (nSPS) is 19.2. The minimum Gasteiger partial charge on any atom is -0.381 e. The third-order valence-electron chi connectivity index (χ3n) is 4.85. The van der Waals surface area contributed by atoms with E-state index in [0.717, 1.165) is 38.1 Å². The molecule has 1 N–H and O–H groups in total. The number of guanidine groups is 1. The molecule has 1 saturated heterocycles. The van der Waals surface area contributed by atoms with Crippen molar-refractivity contribution >= 4 is 16.0 Å². The largest absolute Gasteiger partial charge is 0.381 e. The summed E-state index contributed by atoms with van der Waals surface area (Å²) in [4.78, 5) is 6.80. The highest BCUT2D eigenvalue weighted by Crippen LogP contribution is 2.28. The molecule has 0 bridgehead atoms. The molecule has 158 valence electrons. The lowest BCUT2D eigenvalue weighted by atomic mass is 10.4. The van der Waals surface area contributed by atoms with Gasteiger partial charge in [0.15, 0.2) is 5.96 Å². The molecule has 2 aliphatic rings. The molecule has 0 unspecified atom stereocenters. The maximum Gasteiger partial charge on any atom is 0.220 e. The Bertz CT molecular complexity index is 710. The van der Waals surface area contributed by atoms with E-state index in [1.54, 1.807) is 6.07 Å². The highest BCUT2D eigenvalue weighted by atomic mass is 32.2. The molecule has 1 aromatic heterocycles. The van der Waals surface area contributed by atoms with Gasteiger partial charge in [-0.2, -0.15) is 4.31 Å². The number of piperazine rings is 1. The standard InChI is InChI=1S/C18H31N5O4S/c1-2-19-18(20-7-3-12-26-14-16-4-5-16)22-8-10-23(11-9-22)28(24,25)15-17-6-13-27-21-17/h6,13,16H,2-5,7-12,14-15H2,1H3,(H,19,20). The molecule has 1 aliphatic heterocycles. The van der Waals surface area contributed by atoms with Crippen molar-refractivity contribution in [1.82, 2.24) is 19.7 Å². The molecular formula is C18H31N5O4S. The lowest BCUT2D eigenvalue weighted by Crippen LogP contribution is -2.53. The van der Waals surface area contributed by atoms with Crippen molar-refractivity contribution in [3.8, 4) is 0 Å². The second-order valence-electron chi connectivity index (χ2n) is 7.24.